The van der Waals surface area contributed by atoms with Gasteiger partial charge in [0.1, 0.15) is 17.2 Å². The predicted octanol–water partition coefficient (Wildman–Crippen LogP) is 4.49. The molecule has 26 heavy (non-hydrogen) atoms. The molecule has 1 unspecified atom stereocenters. The Balaban J connectivity index is 1.82. The van der Waals surface area contributed by atoms with Gasteiger partial charge in [0.05, 0.1) is 10.6 Å². The largest absolute Gasteiger partial charge is 0.385 e. The van der Waals surface area contributed by atoms with Crippen molar-refractivity contribution in [3.8, 4) is 0 Å². The second kappa shape index (κ2) is 6.69. The van der Waals surface area contributed by atoms with Crippen LogP contribution in [0.2, 0.25) is 0 Å². The van der Waals surface area contributed by atoms with E-state index in [-0.39, 0.29) is 9.80 Å². The van der Waals surface area contributed by atoms with Gasteiger partial charge < -0.3 is 4.84 Å². The summed E-state index contributed by atoms with van der Waals surface area (Å²) in [5, 5.41) is 1.63. The summed E-state index contributed by atoms with van der Waals surface area (Å²) in [6.45, 7) is 0. The van der Waals surface area contributed by atoms with Crippen LogP contribution in [0.25, 0.3) is 0 Å². The molecule has 130 valence electrons. The van der Waals surface area contributed by atoms with E-state index in [4.69, 9.17) is 4.84 Å². The van der Waals surface area contributed by atoms with E-state index in [2.05, 4.69) is 0 Å². The number of hydrogen-bond donors (Lipinski definition) is 0. The fourth-order valence-electron chi connectivity index (χ4n) is 3.02. The van der Waals surface area contributed by atoms with Gasteiger partial charge in [-0.3, -0.25) is 0 Å². The third-order valence-corrected chi connectivity index (χ3v) is 6.11. The molecule has 0 amide bonds. The highest BCUT2D eigenvalue weighted by Gasteiger charge is 2.39. The molecule has 0 bridgehead atoms. The zero-order valence-electron chi connectivity index (χ0n) is 13.9. The number of anilines is 1. The Kier molecular flexibility index (Phi) is 4.22. The summed E-state index contributed by atoms with van der Waals surface area (Å²) in [4.78, 5) is 6.19. The Morgan fingerprint density at radius 1 is 0.731 bits per heavy atom. The number of sulfone groups is 1. The molecule has 3 aromatic rings. The van der Waals surface area contributed by atoms with Gasteiger partial charge >= 0.3 is 0 Å². The quantitative estimate of drug-likeness (QED) is 0.685. The number of nitrogens with zero attached hydrogens (tertiary/aromatic N) is 1. The summed E-state index contributed by atoms with van der Waals surface area (Å²) in [6.07, 6.45) is 1.34. The fourth-order valence-corrected chi connectivity index (χ4v) is 4.50. The zero-order valence-corrected chi connectivity index (χ0v) is 14.7. The second-order valence-electron chi connectivity index (χ2n) is 5.92. The molecular weight excluding hydrogens is 346 g/mol. The molecule has 0 aromatic heterocycles. The van der Waals surface area contributed by atoms with Crippen molar-refractivity contribution in [2.24, 2.45) is 0 Å². The van der Waals surface area contributed by atoms with Crippen LogP contribution in [0.4, 0.5) is 5.69 Å². The first-order chi connectivity index (χ1) is 12.7. The van der Waals surface area contributed by atoms with Crippen LogP contribution in [-0.2, 0) is 14.7 Å². The SMILES string of the molecule is O=S(=O)(C1=CON(c2ccccc2)C1c1ccccc1)c1ccccc1. The summed E-state index contributed by atoms with van der Waals surface area (Å²) in [5.41, 5.74) is 1.63. The smallest absolute Gasteiger partial charge is 0.208 e. The first kappa shape index (κ1) is 16.4. The van der Waals surface area contributed by atoms with Crippen molar-refractivity contribution in [2.45, 2.75) is 10.9 Å². The van der Waals surface area contributed by atoms with Crippen molar-refractivity contribution in [3.63, 3.8) is 0 Å². The third kappa shape index (κ3) is 2.86. The predicted molar refractivity (Wildman–Crippen MR) is 101 cm³/mol. The first-order valence-electron chi connectivity index (χ1n) is 8.24. The van der Waals surface area contributed by atoms with Crippen molar-refractivity contribution < 1.29 is 13.3 Å². The molecule has 0 saturated carbocycles. The van der Waals surface area contributed by atoms with Crippen molar-refractivity contribution >= 4 is 15.5 Å². The van der Waals surface area contributed by atoms with E-state index in [1.807, 2.05) is 60.7 Å². The van der Waals surface area contributed by atoms with Crippen LogP contribution >= 0.6 is 0 Å². The summed E-state index contributed by atoms with van der Waals surface area (Å²) in [6, 6.07) is 26.9. The van der Waals surface area contributed by atoms with Crippen LogP contribution in [0.1, 0.15) is 11.6 Å². The number of hydrogen-bond acceptors (Lipinski definition) is 4. The molecule has 0 saturated heterocycles. The second-order valence-corrected chi connectivity index (χ2v) is 7.87. The maximum absolute atomic E-state index is 13.2. The molecule has 1 atom stereocenters. The Labute approximate surface area is 152 Å². The Bertz CT molecular complexity index is 1020. The highest BCUT2D eigenvalue weighted by atomic mass is 32.2. The minimum absolute atomic E-state index is 0.221. The van der Waals surface area contributed by atoms with Gasteiger partial charge in [0.2, 0.25) is 9.84 Å². The van der Waals surface area contributed by atoms with Crippen LogP contribution in [0, 0.1) is 0 Å². The summed E-state index contributed by atoms with van der Waals surface area (Å²) < 4.78 is 26.4. The van der Waals surface area contributed by atoms with Crippen LogP contribution < -0.4 is 5.06 Å². The molecule has 1 heterocycles. The minimum Gasteiger partial charge on any atom is -0.385 e. The summed E-state index contributed by atoms with van der Waals surface area (Å²) in [7, 11) is -3.68. The number of benzene rings is 3. The monoisotopic (exact) mass is 363 g/mol. The van der Waals surface area contributed by atoms with Crippen molar-refractivity contribution in [1.29, 1.82) is 0 Å². The van der Waals surface area contributed by atoms with Gasteiger partial charge in [-0.15, -0.1) is 0 Å². The zero-order chi connectivity index (χ0) is 18.0. The molecule has 1 aliphatic heterocycles. The minimum atomic E-state index is -3.68. The van der Waals surface area contributed by atoms with E-state index in [9.17, 15) is 8.42 Å². The highest BCUT2D eigenvalue weighted by molar-refractivity contribution is 7.95. The third-order valence-electron chi connectivity index (χ3n) is 4.28. The Hall–Kier alpha value is -3.05. The van der Waals surface area contributed by atoms with Crippen LogP contribution in [-0.4, -0.2) is 8.42 Å². The normalized spacial score (nSPS) is 16.8. The van der Waals surface area contributed by atoms with Crippen molar-refractivity contribution in [3.05, 3.63) is 108 Å². The van der Waals surface area contributed by atoms with Gasteiger partial charge in [-0.05, 0) is 29.8 Å². The van der Waals surface area contributed by atoms with E-state index in [0.717, 1.165) is 11.3 Å². The average Bonchev–Trinajstić information content (AvgIpc) is 3.16. The van der Waals surface area contributed by atoms with Crippen molar-refractivity contribution in [1.82, 2.24) is 0 Å². The van der Waals surface area contributed by atoms with E-state index in [1.54, 1.807) is 35.4 Å². The lowest BCUT2D eigenvalue weighted by atomic mass is 10.1. The van der Waals surface area contributed by atoms with E-state index >= 15 is 0 Å². The maximum atomic E-state index is 13.2. The van der Waals surface area contributed by atoms with Gasteiger partial charge in [-0.25, -0.2) is 8.42 Å². The molecule has 0 radical (unpaired) electrons. The molecule has 0 spiro atoms. The highest BCUT2D eigenvalue weighted by Crippen LogP contribution is 2.42. The van der Waals surface area contributed by atoms with Gasteiger partial charge in [-0.1, -0.05) is 66.7 Å². The van der Waals surface area contributed by atoms with Gasteiger partial charge in [0.15, 0.2) is 0 Å². The average molecular weight is 363 g/mol. The number of hydroxylamine groups is 1. The van der Waals surface area contributed by atoms with E-state index < -0.39 is 15.9 Å². The van der Waals surface area contributed by atoms with E-state index in [0.29, 0.717) is 0 Å². The Morgan fingerprint density at radius 2 is 1.27 bits per heavy atom. The van der Waals surface area contributed by atoms with Gasteiger partial charge in [0.25, 0.3) is 0 Å². The molecular formula is C21H17NO3S. The lowest BCUT2D eigenvalue weighted by Gasteiger charge is -2.26. The standard InChI is InChI=1S/C21H17NO3S/c23-26(24,19-14-8-3-9-15-19)20-16-25-22(18-12-6-2-7-13-18)21(20)17-10-4-1-5-11-17/h1-16,21H. The molecule has 5 heteroatoms. The summed E-state index contributed by atoms with van der Waals surface area (Å²) >= 11 is 0. The fraction of sp³-hybridized carbons (Fsp3) is 0.0476. The van der Waals surface area contributed by atoms with Crippen LogP contribution in [0.15, 0.2) is 107 Å². The number of rotatable bonds is 4. The first-order valence-corrected chi connectivity index (χ1v) is 9.72. The Morgan fingerprint density at radius 3 is 1.88 bits per heavy atom. The molecule has 4 nitrogen and oxygen atoms in total. The van der Waals surface area contributed by atoms with E-state index in [1.165, 1.54) is 6.26 Å². The molecule has 0 aliphatic carbocycles. The van der Waals surface area contributed by atoms with Gasteiger partial charge in [0, 0.05) is 0 Å². The topological polar surface area (TPSA) is 46.6 Å². The van der Waals surface area contributed by atoms with Crippen LogP contribution in [0.3, 0.4) is 0 Å². The molecule has 1 aliphatic rings. The molecule has 4 rings (SSSR count). The number of para-hydroxylation sites is 1. The lowest BCUT2D eigenvalue weighted by molar-refractivity contribution is 0.224. The van der Waals surface area contributed by atoms with Crippen molar-refractivity contribution in [2.75, 3.05) is 5.06 Å². The van der Waals surface area contributed by atoms with Crippen LogP contribution in [0.5, 0.6) is 0 Å². The lowest BCUT2D eigenvalue weighted by Crippen LogP contribution is -2.25. The molecule has 3 aromatic carbocycles. The maximum Gasteiger partial charge on any atom is 0.208 e. The molecule has 0 fully saturated rings. The van der Waals surface area contributed by atoms with Gasteiger partial charge in [-0.2, -0.15) is 5.06 Å². The molecule has 0 N–H and O–H groups in total. The summed E-state index contributed by atoms with van der Waals surface area (Å²) in [5.74, 6) is 0.